The highest BCUT2D eigenvalue weighted by Gasteiger charge is 2.20. The van der Waals surface area contributed by atoms with Crippen molar-refractivity contribution in [2.24, 2.45) is 0 Å². The highest BCUT2D eigenvalue weighted by molar-refractivity contribution is 7.21. The van der Waals surface area contributed by atoms with Gasteiger partial charge in [0.25, 0.3) is 5.91 Å². The lowest BCUT2D eigenvalue weighted by Gasteiger charge is -2.17. The number of fused-ring (bicyclic) bond motifs is 1. The highest BCUT2D eigenvalue weighted by Crippen LogP contribution is 2.35. The summed E-state index contributed by atoms with van der Waals surface area (Å²) < 4.78 is 19.3. The van der Waals surface area contributed by atoms with Crippen LogP contribution < -0.4 is 4.74 Å². The number of hydrogen-bond donors (Lipinski definition) is 0. The van der Waals surface area contributed by atoms with E-state index in [0.29, 0.717) is 28.8 Å². The number of hydrogen-bond acceptors (Lipinski definition) is 3. The maximum absolute atomic E-state index is 12.8. The Labute approximate surface area is 148 Å². The first-order valence-corrected chi connectivity index (χ1v) is 8.56. The fourth-order valence-corrected chi connectivity index (χ4v) is 3.76. The van der Waals surface area contributed by atoms with Crippen molar-refractivity contribution >= 4 is 38.9 Å². The summed E-state index contributed by atoms with van der Waals surface area (Å²) >= 11 is 7.72. The molecule has 24 heavy (non-hydrogen) atoms. The molecule has 1 heterocycles. The summed E-state index contributed by atoms with van der Waals surface area (Å²) in [5.41, 5.74) is 0. The summed E-state index contributed by atoms with van der Waals surface area (Å²) in [7, 11) is 1.71. The first-order valence-electron chi connectivity index (χ1n) is 7.37. The SMILES string of the molecule is CN(CCOc1ccc(F)cc1)C(=O)c1sc2ccccc2c1Cl. The van der Waals surface area contributed by atoms with Crippen LogP contribution in [0.4, 0.5) is 4.39 Å². The zero-order chi connectivity index (χ0) is 17.1. The van der Waals surface area contributed by atoms with E-state index in [1.165, 1.54) is 23.5 Å². The van der Waals surface area contributed by atoms with Crippen molar-refractivity contribution in [2.75, 3.05) is 20.2 Å². The van der Waals surface area contributed by atoms with E-state index in [1.807, 2.05) is 24.3 Å². The molecular weight excluding hydrogens is 349 g/mol. The predicted octanol–water partition coefficient (Wildman–Crippen LogP) is 4.84. The second-order valence-electron chi connectivity index (χ2n) is 5.27. The Morgan fingerprint density at radius 2 is 1.92 bits per heavy atom. The lowest BCUT2D eigenvalue weighted by molar-refractivity contribution is 0.0779. The Hall–Kier alpha value is -2.11. The van der Waals surface area contributed by atoms with Gasteiger partial charge < -0.3 is 9.64 Å². The molecule has 3 rings (SSSR count). The first-order chi connectivity index (χ1) is 11.6. The second-order valence-corrected chi connectivity index (χ2v) is 6.70. The molecule has 0 aliphatic heterocycles. The molecular formula is C18H15ClFNO2S. The molecule has 3 aromatic rings. The molecule has 1 amide bonds. The van der Waals surface area contributed by atoms with Crippen molar-refractivity contribution in [3.05, 3.63) is 64.2 Å². The monoisotopic (exact) mass is 363 g/mol. The van der Waals surface area contributed by atoms with E-state index < -0.39 is 0 Å². The van der Waals surface area contributed by atoms with Crippen LogP contribution in [0.5, 0.6) is 5.75 Å². The van der Waals surface area contributed by atoms with Crippen molar-refractivity contribution < 1.29 is 13.9 Å². The van der Waals surface area contributed by atoms with Crippen LogP contribution in [-0.2, 0) is 0 Å². The molecule has 0 N–H and O–H groups in total. The van der Waals surface area contributed by atoms with Gasteiger partial charge >= 0.3 is 0 Å². The Kier molecular flexibility index (Phi) is 5.02. The summed E-state index contributed by atoms with van der Waals surface area (Å²) in [6.45, 7) is 0.719. The molecule has 2 aromatic carbocycles. The van der Waals surface area contributed by atoms with Crippen LogP contribution in [0.25, 0.3) is 10.1 Å². The number of carbonyl (C=O) groups excluding carboxylic acids is 1. The van der Waals surface area contributed by atoms with Gasteiger partial charge in [-0.3, -0.25) is 4.79 Å². The molecule has 6 heteroatoms. The van der Waals surface area contributed by atoms with E-state index in [9.17, 15) is 9.18 Å². The van der Waals surface area contributed by atoms with Gasteiger partial charge in [0.05, 0.1) is 11.6 Å². The predicted molar refractivity (Wildman–Crippen MR) is 95.7 cm³/mol. The van der Waals surface area contributed by atoms with E-state index in [-0.39, 0.29) is 11.7 Å². The summed E-state index contributed by atoms with van der Waals surface area (Å²) in [5, 5.41) is 1.38. The van der Waals surface area contributed by atoms with Crippen LogP contribution in [0.1, 0.15) is 9.67 Å². The van der Waals surface area contributed by atoms with Crippen LogP contribution in [0.2, 0.25) is 5.02 Å². The number of halogens is 2. The maximum atomic E-state index is 12.8. The lowest BCUT2D eigenvalue weighted by Crippen LogP contribution is -2.30. The summed E-state index contributed by atoms with van der Waals surface area (Å²) in [6.07, 6.45) is 0. The van der Waals surface area contributed by atoms with Crippen molar-refractivity contribution in [2.45, 2.75) is 0 Å². The minimum atomic E-state index is -0.311. The van der Waals surface area contributed by atoms with Crippen LogP contribution in [0.3, 0.4) is 0 Å². The highest BCUT2D eigenvalue weighted by atomic mass is 35.5. The third-order valence-electron chi connectivity index (χ3n) is 3.58. The molecule has 0 saturated carbocycles. The number of amides is 1. The molecule has 0 spiro atoms. The Morgan fingerprint density at radius 1 is 1.21 bits per heavy atom. The number of ether oxygens (including phenoxy) is 1. The molecule has 0 fully saturated rings. The maximum Gasteiger partial charge on any atom is 0.265 e. The number of rotatable bonds is 5. The number of nitrogens with zero attached hydrogens (tertiary/aromatic N) is 1. The van der Waals surface area contributed by atoms with Gasteiger partial charge in [-0.2, -0.15) is 0 Å². The Balaban J connectivity index is 1.63. The van der Waals surface area contributed by atoms with Crippen molar-refractivity contribution in [3.8, 4) is 5.75 Å². The lowest BCUT2D eigenvalue weighted by atomic mass is 10.2. The molecule has 1 aromatic heterocycles. The molecule has 0 aliphatic rings. The van der Waals surface area contributed by atoms with Crippen molar-refractivity contribution in [3.63, 3.8) is 0 Å². The topological polar surface area (TPSA) is 29.5 Å². The molecule has 0 radical (unpaired) electrons. The number of carbonyl (C=O) groups is 1. The average molecular weight is 364 g/mol. The molecule has 3 nitrogen and oxygen atoms in total. The van der Waals surface area contributed by atoms with Gasteiger partial charge in [0.15, 0.2) is 0 Å². The minimum absolute atomic E-state index is 0.135. The van der Waals surface area contributed by atoms with Gasteiger partial charge in [-0.05, 0) is 30.3 Å². The van der Waals surface area contributed by atoms with Crippen LogP contribution in [0, 0.1) is 5.82 Å². The molecule has 0 aliphatic carbocycles. The molecule has 0 atom stereocenters. The van der Waals surface area contributed by atoms with E-state index in [2.05, 4.69) is 0 Å². The van der Waals surface area contributed by atoms with Gasteiger partial charge in [0.1, 0.15) is 23.1 Å². The zero-order valence-corrected chi connectivity index (χ0v) is 14.5. The van der Waals surface area contributed by atoms with E-state index >= 15 is 0 Å². The summed E-state index contributed by atoms with van der Waals surface area (Å²) in [6, 6.07) is 13.4. The van der Waals surface area contributed by atoms with E-state index in [0.717, 1.165) is 10.1 Å². The van der Waals surface area contributed by atoms with Gasteiger partial charge in [0, 0.05) is 17.1 Å². The quantitative estimate of drug-likeness (QED) is 0.648. The zero-order valence-electron chi connectivity index (χ0n) is 13.0. The van der Waals surface area contributed by atoms with Gasteiger partial charge in [0.2, 0.25) is 0 Å². The standard InChI is InChI=1S/C18H15ClFNO2S/c1-21(10-11-23-13-8-6-12(20)7-9-13)18(22)17-16(19)14-4-2-3-5-15(14)24-17/h2-9H,10-11H2,1H3. The molecule has 0 saturated heterocycles. The van der Waals surface area contributed by atoms with Crippen LogP contribution in [0.15, 0.2) is 48.5 Å². The largest absolute Gasteiger partial charge is 0.492 e. The average Bonchev–Trinajstić information content (AvgIpc) is 2.93. The molecule has 124 valence electrons. The fourth-order valence-electron chi connectivity index (χ4n) is 2.26. The normalized spacial score (nSPS) is 10.8. The molecule has 0 bridgehead atoms. The third kappa shape index (κ3) is 3.52. The summed E-state index contributed by atoms with van der Waals surface area (Å²) in [4.78, 5) is 14.7. The van der Waals surface area contributed by atoms with Crippen LogP contribution in [-0.4, -0.2) is 31.0 Å². The van der Waals surface area contributed by atoms with E-state index in [4.69, 9.17) is 16.3 Å². The first kappa shape index (κ1) is 16.7. The van der Waals surface area contributed by atoms with E-state index in [1.54, 1.807) is 24.1 Å². The van der Waals surface area contributed by atoms with Gasteiger partial charge in [-0.1, -0.05) is 29.8 Å². The van der Waals surface area contributed by atoms with Crippen molar-refractivity contribution in [1.82, 2.24) is 4.90 Å². The molecule has 0 unspecified atom stereocenters. The second kappa shape index (κ2) is 7.20. The Morgan fingerprint density at radius 3 is 2.62 bits per heavy atom. The number of likely N-dealkylation sites (N-methyl/N-ethyl adjacent to an activating group) is 1. The van der Waals surface area contributed by atoms with Gasteiger partial charge in [-0.15, -0.1) is 11.3 Å². The Bertz CT molecular complexity index is 863. The minimum Gasteiger partial charge on any atom is -0.492 e. The smallest absolute Gasteiger partial charge is 0.265 e. The summed E-state index contributed by atoms with van der Waals surface area (Å²) in [5.74, 6) is 0.120. The number of benzene rings is 2. The third-order valence-corrected chi connectivity index (χ3v) is 5.25. The number of thiophene rings is 1. The van der Waals surface area contributed by atoms with Crippen molar-refractivity contribution in [1.29, 1.82) is 0 Å². The van der Waals surface area contributed by atoms with Crippen LogP contribution >= 0.6 is 22.9 Å². The fraction of sp³-hybridized carbons (Fsp3) is 0.167. The van der Waals surface area contributed by atoms with Gasteiger partial charge in [-0.25, -0.2) is 4.39 Å².